The van der Waals surface area contributed by atoms with Gasteiger partial charge >= 0.3 is 6.30 Å². The molecule has 28 heavy (non-hydrogen) atoms. The summed E-state index contributed by atoms with van der Waals surface area (Å²) in [5.41, 5.74) is 8.83. The number of nitrogens with zero attached hydrogens (tertiary/aromatic N) is 4. The number of anilines is 1. The maximum absolute atomic E-state index is 12.3. The second-order valence-corrected chi connectivity index (χ2v) is 6.70. The van der Waals surface area contributed by atoms with Crippen LogP contribution in [0.4, 0.5) is 19.0 Å². The van der Waals surface area contributed by atoms with Crippen molar-refractivity contribution in [3.8, 4) is 22.3 Å². The molecule has 7 nitrogen and oxygen atoms in total. The van der Waals surface area contributed by atoms with Crippen molar-refractivity contribution < 1.29 is 18.0 Å². The summed E-state index contributed by atoms with van der Waals surface area (Å²) in [4.78, 5) is 20.0. The van der Waals surface area contributed by atoms with Crippen molar-refractivity contribution in [1.29, 1.82) is 0 Å². The zero-order valence-corrected chi connectivity index (χ0v) is 14.8. The van der Waals surface area contributed by atoms with Crippen molar-refractivity contribution >= 4 is 28.7 Å². The molecule has 0 saturated heterocycles. The van der Waals surface area contributed by atoms with Gasteiger partial charge in [-0.2, -0.15) is 18.3 Å². The van der Waals surface area contributed by atoms with Crippen molar-refractivity contribution in [3.63, 3.8) is 0 Å². The lowest BCUT2D eigenvalue weighted by Crippen LogP contribution is -2.36. The zero-order chi connectivity index (χ0) is 19.9. The van der Waals surface area contributed by atoms with Crippen LogP contribution in [0.15, 0.2) is 48.4 Å². The Morgan fingerprint density at radius 1 is 1.11 bits per heavy atom. The minimum atomic E-state index is -4.78. The fourth-order valence-electron chi connectivity index (χ4n) is 2.59. The largest absolute Gasteiger partial charge is 0.484 e. The Morgan fingerprint density at radius 2 is 1.89 bits per heavy atom. The first kappa shape index (κ1) is 17.9. The molecule has 4 aromatic rings. The third-order valence-electron chi connectivity index (χ3n) is 3.87. The van der Waals surface area contributed by atoms with E-state index in [0.29, 0.717) is 22.6 Å². The number of thiophene rings is 1. The van der Waals surface area contributed by atoms with Crippen molar-refractivity contribution in [2.75, 3.05) is 5.73 Å². The first-order valence-electron chi connectivity index (χ1n) is 7.83. The molecule has 0 aliphatic heterocycles. The molecule has 0 bridgehead atoms. The van der Waals surface area contributed by atoms with Crippen LogP contribution >= 0.6 is 11.3 Å². The Kier molecular flexibility index (Phi) is 4.23. The topological polar surface area (TPSA) is 98.2 Å². The lowest BCUT2D eigenvalue weighted by Gasteiger charge is -2.06. The molecule has 4 rings (SSSR count). The number of nitrogens with two attached hydrogens (primary N) is 1. The van der Waals surface area contributed by atoms with Gasteiger partial charge in [-0.15, -0.1) is 11.3 Å². The summed E-state index contributed by atoms with van der Waals surface area (Å²) in [5, 5.41) is 6.81. The predicted octanol–water partition coefficient (Wildman–Crippen LogP) is 3.35. The van der Waals surface area contributed by atoms with Gasteiger partial charge in [0.25, 0.3) is 5.91 Å². The van der Waals surface area contributed by atoms with Gasteiger partial charge in [0.05, 0.1) is 11.1 Å². The third-order valence-corrected chi connectivity index (χ3v) is 4.79. The number of pyridine rings is 1. The fraction of sp³-hybridized carbons (Fsp3) is 0.0588. The third kappa shape index (κ3) is 3.51. The normalized spacial score (nSPS) is 11.7. The lowest BCUT2D eigenvalue weighted by molar-refractivity contribution is -0.146. The Labute approximate surface area is 159 Å². The summed E-state index contributed by atoms with van der Waals surface area (Å²) in [5.74, 6) is -0.798. The first-order valence-corrected chi connectivity index (χ1v) is 8.71. The molecular formula is C17H11F3N6OS. The number of amides is 1. The van der Waals surface area contributed by atoms with Gasteiger partial charge in [-0.3, -0.25) is 10.1 Å². The quantitative estimate of drug-likeness (QED) is 0.511. The second-order valence-electron chi connectivity index (χ2n) is 5.79. The standard InChI is InChI=1S/C17H11F3N6OS/c18-17(19,20)25-16(27)13-3-10(8-28-13)12-6-24-26-7-11(5-23-15(12)26)9-1-2-14(21)22-4-9/h1-8H,(H2,21,22)(H,25,27). The highest BCUT2D eigenvalue weighted by atomic mass is 32.1. The summed E-state index contributed by atoms with van der Waals surface area (Å²) in [7, 11) is 0. The van der Waals surface area contributed by atoms with E-state index in [1.165, 1.54) is 6.07 Å². The van der Waals surface area contributed by atoms with E-state index in [0.717, 1.165) is 27.8 Å². The number of halogens is 3. The molecular weight excluding hydrogens is 393 g/mol. The maximum Gasteiger partial charge on any atom is 0.484 e. The van der Waals surface area contributed by atoms with Gasteiger partial charge < -0.3 is 5.73 Å². The molecule has 0 spiro atoms. The number of hydrogen-bond donors (Lipinski definition) is 2. The lowest BCUT2D eigenvalue weighted by atomic mass is 10.1. The van der Waals surface area contributed by atoms with Crippen molar-refractivity contribution in [3.05, 3.63) is 53.2 Å². The van der Waals surface area contributed by atoms with Gasteiger partial charge in [0.15, 0.2) is 5.65 Å². The van der Waals surface area contributed by atoms with E-state index in [4.69, 9.17) is 5.73 Å². The van der Waals surface area contributed by atoms with Gasteiger partial charge in [-0.05, 0) is 29.1 Å². The monoisotopic (exact) mass is 404 g/mol. The van der Waals surface area contributed by atoms with Crippen molar-refractivity contribution in [2.24, 2.45) is 0 Å². The molecule has 0 aliphatic carbocycles. The molecule has 4 heterocycles. The van der Waals surface area contributed by atoms with Crippen LogP contribution in [0.5, 0.6) is 0 Å². The van der Waals surface area contributed by atoms with E-state index in [-0.39, 0.29) is 4.88 Å². The van der Waals surface area contributed by atoms with Crippen LogP contribution in [0.2, 0.25) is 0 Å². The molecule has 0 unspecified atom stereocenters. The molecule has 0 fully saturated rings. The number of nitrogen functional groups attached to an aromatic ring is 1. The number of rotatable bonds is 3. The van der Waals surface area contributed by atoms with Gasteiger partial charge in [0.1, 0.15) is 5.82 Å². The van der Waals surface area contributed by atoms with Gasteiger partial charge in [0.2, 0.25) is 0 Å². The molecule has 11 heteroatoms. The smallest absolute Gasteiger partial charge is 0.384 e. The zero-order valence-electron chi connectivity index (χ0n) is 13.9. The molecule has 0 aromatic carbocycles. The SMILES string of the molecule is Nc1ccc(-c2cnc3c(-c4csc(C(=O)NC(F)(F)F)c4)cnn3c2)cn1. The van der Waals surface area contributed by atoms with Crippen LogP contribution in [0.25, 0.3) is 27.9 Å². The molecule has 142 valence electrons. The highest BCUT2D eigenvalue weighted by molar-refractivity contribution is 7.12. The number of carbonyl (C=O) groups is 1. The van der Waals surface area contributed by atoms with Crippen LogP contribution in [0.1, 0.15) is 9.67 Å². The van der Waals surface area contributed by atoms with E-state index < -0.39 is 12.2 Å². The minimum Gasteiger partial charge on any atom is -0.384 e. The van der Waals surface area contributed by atoms with Crippen molar-refractivity contribution in [1.82, 2.24) is 24.9 Å². The molecule has 4 aromatic heterocycles. The van der Waals surface area contributed by atoms with Gasteiger partial charge in [-0.25, -0.2) is 14.5 Å². The highest BCUT2D eigenvalue weighted by Crippen LogP contribution is 2.29. The molecule has 0 atom stereocenters. The van der Waals surface area contributed by atoms with E-state index in [1.54, 1.807) is 46.8 Å². The van der Waals surface area contributed by atoms with Crippen LogP contribution < -0.4 is 11.1 Å². The van der Waals surface area contributed by atoms with Crippen LogP contribution in [0.3, 0.4) is 0 Å². The summed E-state index contributed by atoms with van der Waals surface area (Å²) in [6.07, 6.45) is 1.77. The second kappa shape index (κ2) is 6.60. The number of nitrogens with one attached hydrogen (secondary N) is 1. The molecule has 0 saturated carbocycles. The van der Waals surface area contributed by atoms with Crippen LogP contribution in [-0.4, -0.2) is 31.8 Å². The molecule has 0 aliphatic rings. The van der Waals surface area contributed by atoms with Gasteiger partial charge in [0, 0.05) is 35.3 Å². The summed E-state index contributed by atoms with van der Waals surface area (Å²) < 4.78 is 38.5. The summed E-state index contributed by atoms with van der Waals surface area (Å²) in [6, 6.07) is 4.86. The molecule has 0 radical (unpaired) electrons. The van der Waals surface area contributed by atoms with Gasteiger partial charge in [-0.1, -0.05) is 0 Å². The highest BCUT2D eigenvalue weighted by Gasteiger charge is 2.31. The average molecular weight is 404 g/mol. The number of alkyl halides is 3. The Morgan fingerprint density at radius 3 is 2.61 bits per heavy atom. The average Bonchev–Trinajstić information content (AvgIpc) is 3.27. The first-order chi connectivity index (χ1) is 13.3. The van der Waals surface area contributed by atoms with Crippen LogP contribution in [0, 0.1) is 0 Å². The number of fused-ring (bicyclic) bond motifs is 1. The Balaban J connectivity index is 1.65. The minimum absolute atomic E-state index is 0.0590. The van der Waals surface area contributed by atoms with Crippen molar-refractivity contribution in [2.45, 2.75) is 6.30 Å². The summed E-state index contributed by atoms with van der Waals surface area (Å²) >= 11 is 0.910. The number of hydrogen-bond acceptors (Lipinski definition) is 6. The van der Waals surface area contributed by atoms with E-state index >= 15 is 0 Å². The van der Waals surface area contributed by atoms with E-state index in [9.17, 15) is 18.0 Å². The maximum atomic E-state index is 12.3. The molecule has 3 N–H and O–H groups in total. The predicted molar refractivity (Wildman–Crippen MR) is 97.5 cm³/mol. The Hall–Kier alpha value is -3.47. The number of aromatic nitrogens is 4. The number of carbonyl (C=O) groups excluding carboxylic acids is 1. The Bertz CT molecular complexity index is 1170. The summed E-state index contributed by atoms with van der Waals surface area (Å²) in [6.45, 7) is 0. The van der Waals surface area contributed by atoms with E-state index in [1.807, 2.05) is 0 Å². The van der Waals surface area contributed by atoms with Crippen LogP contribution in [-0.2, 0) is 0 Å². The fourth-order valence-corrected chi connectivity index (χ4v) is 3.39. The molecule has 1 amide bonds. The van der Waals surface area contributed by atoms with E-state index in [2.05, 4.69) is 15.1 Å².